The molecule has 2 aromatic heterocycles. The second-order valence-electron chi connectivity index (χ2n) is 7.80. The van der Waals surface area contributed by atoms with Gasteiger partial charge in [-0.15, -0.1) is 0 Å². The molecule has 1 amide bonds. The Kier molecular flexibility index (Phi) is 7.53. The summed E-state index contributed by atoms with van der Waals surface area (Å²) >= 11 is 0. The van der Waals surface area contributed by atoms with E-state index < -0.39 is 37.2 Å². The molecule has 3 heterocycles. The summed E-state index contributed by atoms with van der Waals surface area (Å²) in [6, 6.07) is 12.6. The predicted molar refractivity (Wildman–Crippen MR) is 119 cm³/mol. The minimum absolute atomic E-state index is 0.0124. The second-order valence-corrected chi connectivity index (χ2v) is 7.80. The monoisotopic (exact) mass is 484 g/mol. The largest absolute Gasteiger partial charge is 0.463 e. The standard InChI is InChI=1S/C23H24N4O8/c1-14(28)33-13-34-23(31)26-22-18-8-7-17(27(18)25-12-24-22)21-19(29)10-16(35-21)11-32-20(30)9-15-5-3-2-4-6-15/h2-8,12,16,19,21,29H,9-11,13H2,1H3,(H,24,25,26,31)/t16-,19+,21-/m0/s1. The summed E-state index contributed by atoms with van der Waals surface area (Å²) < 4.78 is 22.1. The fourth-order valence-electron chi connectivity index (χ4n) is 3.68. The highest BCUT2D eigenvalue weighted by Crippen LogP contribution is 2.34. The first-order chi connectivity index (χ1) is 16.9. The summed E-state index contributed by atoms with van der Waals surface area (Å²) in [7, 11) is 0. The second kappa shape index (κ2) is 10.9. The lowest BCUT2D eigenvalue weighted by Gasteiger charge is -2.15. The molecule has 3 aromatic rings. The third kappa shape index (κ3) is 6.11. The van der Waals surface area contributed by atoms with Crippen LogP contribution in [0, 0.1) is 0 Å². The van der Waals surface area contributed by atoms with Crippen molar-refractivity contribution >= 4 is 29.4 Å². The quantitative estimate of drug-likeness (QED) is 0.358. The topological polar surface area (TPSA) is 151 Å². The zero-order valence-corrected chi connectivity index (χ0v) is 18.8. The number of nitrogens with one attached hydrogen (secondary N) is 1. The van der Waals surface area contributed by atoms with Crippen LogP contribution in [0.5, 0.6) is 0 Å². The number of aromatic nitrogens is 3. The van der Waals surface area contributed by atoms with Crippen LogP contribution in [0.2, 0.25) is 0 Å². The SMILES string of the molecule is CC(=O)OCOC(=O)Nc1ncnn2c([C@@H]3O[C@H](COC(=O)Cc4ccccc4)C[C@H]3O)ccc12. The minimum atomic E-state index is -0.871. The molecule has 4 rings (SSSR count). The number of nitrogens with zero attached hydrogens (tertiary/aromatic N) is 3. The van der Waals surface area contributed by atoms with E-state index in [9.17, 15) is 19.5 Å². The van der Waals surface area contributed by atoms with Crippen LogP contribution in [-0.2, 0) is 35.0 Å². The highest BCUT2D eigenvalue weighted by atomic mass is 16.7. The maximum Gasteiger partial charge on any atom is 0.415 e. The van der Waals surface area contributed by atoms with Crippen molar-refractivity contribution in [2.45, 2.75) is 38.1 Å². The van der Waals surface area contributed by atoms with Gasteiger partial charge in [0.05, 0.1) is 24.3 Å². The molecule has 1 aliphatic heterocycles. The molecule has 1 saturated heterocycles. The van der Waals surface area contributed by atoms with Crippen molar-refractivity contribution in [3.63, 3.8) is 0 Å². The zero-order chi connectivity index (χ0) is 24.8. The maximum atomic E-state index is 12.1. The van der Waals surface area contributed by atoms with Crippen LogP contribution in [0.1, 0.15) is 30.7 Å². The smallest absolute Gasteiger partial charge is 0.415 e. The first-order valence-corrected chi connectivity index (χ1v) is 10.8. The molecule has 0 bridgehead atoms. The van der Waals surface area contributed by atoms with Gasteiger partial charge in [-0.05, 0) is 17.7 Å². The molecule has 1 aliphatic rings. The van der Waals surface area contributed by atoms with Crippen LogP contribution in [0.4, 0.5) is 10.6 Å². The summed E-state index contributed by atoms with van der Waals surface area (Å²) in [5.74, 6) is -0.814. The number of carbonyl (C=O) groups excluding carboxylic acids is 3. The van der Waals surface area contributed by atoms with E-state index in [-0.39, 0.29) is 31.2 Å². The van der Waals surface area contributed by atoms with E-state index in [2.05, 4.69) is 20.1 Å². The highest BCUT2D eigenvalue weighted by Gasteiger charge is 2.37. The Hall–Kier alpha value is -4.03. The zero-order valence-electron chi connectivity index (χ0n) is 18.8. The molecule has 2 N–H and O–H groups in total. The number of benzene rings is 1. The fourth-order valence-corrected chi connectivity index (χ4v) is 3.68. The molecule has 0 aliphatic carbocycles. The van der Waals surface area contributed by atoms with Crippen molar-refractivity contribution in [2.75, 3.05) is 18.7 Å². The molecule has 0 saturated carbocycles. The van der Waals surface area contributed by atoms with E-state index >= 15 is 0 Å². The first kappa shape index (κ1) is 24.1. The number of aliphatic hydroxyl groups is 1. The van der Waals surface area contributed by atoms with Crippen molar-refractivity contribution in [3.05, 3.63) is 60.0 Å². The van der Waals surface area contributed by atoms with Gasteiger partial charge in [-0.25, -0.2) is 14.3 Å². The number of amides is 1. The van der Waals surface area contributed by atoms with Crippen molar-refractivity contribution in [1.29, 1.82) is 0 Å². The van der Waals surface area contributed by atoms with E-state index in [0.717, 1.165) is 5.56 Å². The van der Waals surface area contributed by atoms with Crippen LogP contribution in [0.25, 0.3) is 5.52 Å². The van der Waals surface area contributed by atoms with E-state index in [1.165, 1.54) is 17.8 Å². The molecule has 184 valence electrons. The number of hydrogen-bond donors (Lipinski definition) is 2. The van der Waals surface area contributed by atoms with Crippen molar-refractivity contribution < 1.29 is 38.4 Å². The molecule has 3 atom stereocenters. The van der Waals surface area contributed by atoms with E-state index in [1.54, 1.807) is 12.1 Å². The van der Waals surface area contributed by atoms with Crippen molar-refractivity contribution in [2.24, 2.45) is 0 Å². The Bertz CT molecular complexity index is 1200. The van der Waals surface area contributed by atoms with Gasteiger partial charge in [-0.3, -0.25) is 14.9 Å². The number of carbonyl (C=O) groups is 3. The lowest BCUT2D eigenvalue weighted by molar-refractivity contribution is -0.149. The van der Waals surface area contributed by atoms with Gasteiger partial charge in [0.15, 0.2) is 5.82 Å². The third-order valence-corrected chi connectivity index (χ3v) is 5.26. The number of rotatable bonds is 8. The van der Waals surface area contributed by atoms with Gasteiger partial charge in [0.25, 0.3) is 0 Å². The Morgan fingerprint density at radius 3 is 2.71 bits per heavy atom. The van der Waals surface area contributed by atoms with Crippen molar-refractivity contribution in [1.82, 2.24) is 14.6 Å². The van der Waals surface area contributed by atoms with E-state index in [0.29, 0.717) is 11.2 Å². The molecule has 0 spiro atoms. The number of esters is 2. The van der Waals surface area contributed by atoms with Crippen LogP contribution in [0.15, 0.2) is 48.8 Å². The van der Waals surface area contributed by atoms with Gasteiger partial charge in [-0.1, -0.05) is 30.3 Å². The van der Waals surface area contributed by atoms with Gasteiger partial charge < -0.3 is 24.1 Å². The Morgan fingerprint density at radius 1 is 1.14 bits per heavy atom. The summed E-state index contributed by atoms with van der Waals surface area (Å²) in [6.07, 6.45) is -1.30. The number of hydrogen-bond acceptors (Lipinski definition) is 10. The molecule has 0 unspecified atom stereocenters. The lowest BCUT2D eigenvalue weighted by Crippen LogP contribution is -2.20. The number of fused-ring (bicyclic) bond motifs is 1. The van der Waals surface area contributed by atoms with Gasteiger partial charge in [-0.2, -0.15) is 5.10 Å². The van der Waals surface area contributed by atoms with Crippen LogP contribution in [0.3, 0.4) is 0 Å². The molecule has 1 aromatic carbocycles. The number of anilines is 1. The lowest BCUT2D eigenvalue weighted by atomic mass is 10.1. The molecule has 12 nitrogen and oxygen atoms in total. The normalized spacial score (nSPS) is 19.3. The molecule has 0 radical (unpaired) electrons. The van der Waals surface area contributed by atoms with Crippen molar-refractivity contribution in [3.8, 4) is 0 Å². The predicted octanol–water partition coefficient (Wildman–Crippen LogP) is 1.78. The minimum Gasteiger partial charge on any atom is -0.463 e. The van der Waals surface area contributed by atoms with Gasteiger partial charge in [0, 0.05) is 13.3 Å². The van der Waals surface area contributed by atoms with Gasteiger partial charge in [0.1, 0.15) is 24.6 Å². The maximum absolute atomic E-state index is 12.1. The molecule has 1 fully saturated rings. The van der Waals surface area contributed by atoms with E-state index in [4.69, 9.17) is 14.2 Å². The summed E-state index contributed by atoms with van der Waals surface area (Å²) in [5, 5.41) is 17.2. The number of ether oxygens (including phenoxy) is 4. The van der Waals surface area contributed by atoms with E-state index in [1.807, 2.05) is 30.3 Å². The summed E-state index contributed by atoms with van der Waals surface area (Å²) in [6.45, 7) is 0.670. The first-order valence-electron chi connectivity index (χ1n) is 10.8. The highest BCUT2D eigenvalue weighted by molar-refractivity contribution is 5.88. The van der Waals surface area contributed by atoms with Gasteiger partial charge in [0.2, 0.25) is 6.79 Å². The average Bonchev–Trinajstić information content (AvgIpc) is 3.41. The molecular formula is C23H24N4O8. The summed E-state index contributed by atoms with van der Waals surface area (Å²) in [5.41, 5.74) is 1.81. The Balaban J connectivity index is 1.36. The van der Waals surface area contributed by atoms with Crippen LogP contribution < -0.4 is 5.32 Å². The number of aliphatic hydroxyl groups excluding tert-OH is 1. The van der Waals surface area contributed by atoms with Gasteiger partial charge >= 0.3 is 18.0 Å². The fraction of sp³-hybridized carbons (Fsp3) is 0.348. The Morgan fingerprint density at radius 2 is 1.94 bits per heavy atom. The molecule has 12 heteroatoms. The molecular weight excluding hydrogens is 460 g/mol. The Labute approximate surface area is 199 Å². The van der Waals surface area contributed by atoms with Crippen LogP contribution in [-0.4, -0.2) is 63.3 Å². The molecule has 35 heavy (non-hydrogen) atoms. The van der Waals surface area contributed by atoms with Crippen LogP contribution >= 0.6 is 0 Å². The third-order valence-electron chi connectivity index (χ3n) is 5.26. The average molecular weight is 484 g/mol. The summed E-state index contributed by atoms with van der Waals surface area (Å²) in [4.78, 5) is 38.9.